The van der Waals surface area contributed by atoms with E-state index >= 15 is 0 Å². The molecule has 0 bridgehead atoms. The van der Waals surface area contributed by atoms with E-state index in [1.54, 1.807) is 0 Å². The number of hydrogen-bond acceptors (Lipinski definition) is 10. The first kappa shape index (κ1) is 27.6. The normalized spacial score (nSPS) is 15.8. The van der Waals surface area contributed by atoms with E-state index in [2.05, 4.69) is 40.4 Å². The minimum absolute atomic E-state index is 0.133. The summed E-state index contributed by atoms with van der Waals surface area (Å²) in [5.74, 6) is 0. The molecule has 3 unspecified atom stereocenters. The zero-order valence-electron chi connectivity index (χ0n) is 18.5. The molecule has 0 fully saturated rings. The molecule has 0 rings (SSSR count). The van der Waals surface area contributed by atoms with Crippen LogP contribution in [-0.2, 0) is 0 Å². The van der Waals surface area contributed by atoms with Gasteiger partial charge in [0.05, 0.1) is 18.5 Å². The van der Waals surface area contributed by atoms with Crippen LogP contribution in [-0.4, -0.2) is 117 Å². The predicted octanol–water partition coefficient (Wildman–Crippen LogP) is -3.02. The minimum Gasteiger partial charge on any atom is -0.329 e. The van der Waals surface area contributed by atoms with Gasteiger partial charge < -0.3 is 34.4 Å². The fourth-order valence-electron chi connectivity index (χ4n) is 3.95. The quantitative estimate of drug-likeness (QED) is 0.129. The van der Waals surface area contributed by atoms with Gasteiger partial charge in [0.15, 0.2) is 0 Å². The maximum Gasteiger partial charge on any atom is 0.0622 e. The van der Waals surface area contributed by atoms with Crippen molar-refractivity contribution in [1.82, 2.24) is 19.6 Å². The topological polar surface area (TPSA) is 169 Å². The summed E-state index contributed by atoms with van der Waals surface area (Å²) in [4.78, 5) is 9.47. The lowest BCUT2D eigenvalue weighted by atomic mass is 10.2. The fourth-order valence-corrected chi connectivity index (χ4v) is 3.95. The Bertz CT molecular complexity index is 289. The van der Waals surface area contributed by atoms with Gasteiger partial charge >= 0.3 is 0 Å². The highest BCUT2D eigenvalue weighted by Crippen LogP contribution is 2.19. The van der Waals surface area contributed by atoms with Crippen LogP contribution in [0.15, 0.2) is 0 Å². The van der Waals surface area contributed by atoms with Gasteiger partial charge in [0.2, 0.25) is 0 Å². The monoisotopic (exact) mass is 404 g/mol. The fraction of sp³-hybridized carbons (Fsp3) is 1.00. The molecule has 0 aromatic rings. The van der Waals surface area contributed by atoms with Gasteiger partial charge in [-0.1, -0.05) is 0 Å². The van der Waals surface area contributed by atoms with Crippen LogP contribution >= 0.6 is 0 Å². The van der Waals surface area contributed by atoms with Gasteiger partial charge in [0.25, 0.3) is 0 Å². The van der Waals surface area contributed by atoms with Gasteiger partial charge in [0, 0.05) is 78.5 Å². The zero-order valence-corrected chi connectivity index (χ0v) is 18.5. The second-order valence-corrected chi connectivity index (χ2v) is 7.18. The molecule has 10 heteroatoms. The van der Waals surface area contributed by atoms with Crippen molar-refractivity contribution < 1.29 is 0 Å². The minimum atomic E-state index is 0.133. The van der Waals surface area contributed by atoms with Crippen LogP contribution in [0.25, 0.3) is 0 Å². The van der Waals surface area contributed by atoms with E-state index in [0.717, 1.165) is 39.3 Å². The number of rotatable bonds is 18. The summed E-state index contributed by atoms with van der Waals surface area (Å²) >= 11 is 0. The Morgan fingerprint density at radius 1 is 0.429 bits per heavy atom. The number of nitrogens with two attached hydrogens (primary N) is 6. The van der Waals surface area contributed by atoms with Crippen molar-refractivity contribution in [1.29, 1.82) is 0 Å². The van der Waals surface area contributed by atoms with E-state index in [1.807, 2.05) is 0 Å². The van der Waals surface area contributed by atoms with Gasteiger partial charge in [0.1, 0.15) is 0 Å². The molecule has 0 aliphatic rings. The van der Waals surface area contributed by atoms with E-state index in [0.29, 0.717) is 39.3 Å². The van der Waals surface area contributed by atoms with Gasteiger partial charge in [-0.25, -0.2) is 0 Å². The van der Waals surface area contributed by atoms with Crippen LogP contribution in [0, 0.1) is 0 Å². The van der Waals surface area contributed by atoms with Crippen LogP contribution in [0.4, 0.5) is 0 Å². The van der Waals surface area contributed by atoms with E-state index in [1.165, 1.54) is 0 Å². The Kier molecular flexibility index (Phi) is 16.2. The molecule has 0 spiro atoms. The van der Waals surface area contributed by atoms with Crippen LogP contribution in [0.5, 0.6) is 0 Å². The summed E-state index contributed by atoms with van der Waals surface area (Å²) in [5, 5.41) is 0. The number of hydrogen-bond donors (Lipinski definition) is 6. The van der Waals surface area contributed by atoms with Crippen molar-refractivity contribution in [3.05, 3.63) is 0 Å². The molecule has 0 aromatic heterocycles. The van der Waals surface area contributed by atoms with Crippen LogP contribution in [0.1, 0.15) is 20.8 Å². The van der Waals surface area contributed by atoms with Crippen molar-refractivity contribution in [3.8, 4) is 0 Å². The zero-order chi connectivity index (χ0) is 21.5. The van der Waals surface area contributed by atoms with E-state index in [9.17, 15) is 0 Å². The molecule has 0 aromatic carbocycles. The summed E-state index contributed by atoms with van der Waals surface area (Å²) in [6, 6.07) is 0. The van der Waals surface area contributed by atoms with Crippen LogP contribution < -0.4 is 34.4 Å². The van der Waals surface area contributed by atoms with Gasteiger partial charge in [-0.2, -0.15) is 0 Å². The van der Waals surface area contributed by atoms with Crippen molar-refractivity contribution in [3.63, 3.8) is 0 Å². The third-order valence-electron chi connectivity index (χ3n) is 5.38. The van der Waals surface area contributed by atoms with E-state index in [-0.39, 0.29) is 18.5 Å². The lowest BCUT2D eigenvalue weighted by Crippen LogP contribution is -2.64. The average molecular weight is 405 g/mol. The molecule has 0 saturated heterocycles. The molecule has 0 heterocycles. The van der Waals surface area contributed by atoms with Crippen LogP contribution in [0.2, 0.25) is 0 Å². The smallest absolute Gasteiger partial charge is 0.0622 e. The van der Waals surface area contributed by atoms with Crippen LogP contribution in [0.3, 0.4) is 0 Å². The molecule has 10 nitrogen and oxygen atoms in total. The molecule has 12 N–H and O–H groups in total. The third kappa shape index (κ3) is 8.95. The van der Waals surface area contributed by atoms with E-state index in [4.69, 9.17) is 34.4 Å². The lowest BCUT2D eigenvalue weighted by Gasteiger charge is -2.50. The van der Waals surface area contributed by atoms with Crippen molar-refractivity contribution in [2.75, 3.05) is 78.5 Å². The Morgan fingerprint density at radius 2 is 0.607 bits per heavy atom. The molecule has 28 heavy (non-hydrogen) atoms. The molecular weight excluding hydrogens is 356 g/mol. The highest BCUT2D eigenvalue weighted by Gasteiger charge is 2.34. The molecule has 0 aliphatic heterocycles. The van der Waals surface area contributed by atoms with Gasteiger partial charge in [-0.15, -0.1) is 0 Å². The molecule has 0 saturated carbocycles. The van der Waals surface area contributed by atoms with E-state index < -0.39 is 0 Å². The molecular formula is C18H48N10. The average Bonchev–Trinajstić information content (AvgIpc) is 2.67. The summed E-state index contributed by atoms with van der Waals surface area (Å²) in [5.41, 5.74) is 35.2. The first-order valence-electron chi connectivity index (χ1n) is 10.6. The Hall–Kier alpha value is -0.400. The molecule has 0 aliphatic carbocycles. The Morgan fingerprint density at radius 3 is 0.750 bits per heavy atom. The summed E-state index contributed by atoms with van der Waals surface area (Å²) in [6.07, 6.45) is 0.398. The largest absolute Gasteiger partial charge is 0.329 e. The highest BCUT2D eigenvalue weighted by molar-refractivity contribution is 4.82. The molecule has 3 atom stereocenters. The van der Waals surface area contributed by atoms with Gasteiger partial charge in [-0.3, -0.25) is 19.6 Å². The van der Waals surface area contributed by atoms with Gasteiger partial charge in [-0.05, 0) is 20.8 Å². The molecule has 0 amide bonds. The summed E-state index contributed by atoms with van der Waals surface area (Å²) < 4.78 is 0. The molecule has 0 radical (unpaired) electrons. The lowest BCUT2D eigenvalue weighted by molar-refractivity contribution is -0.0964. The molecule has 170 valence electrons. The Balaban J connectivity index is 5.81. The Labute approximate surface area is 172 Å². The summed E-state index contributed by atoms with van der Waals surface area (Å²) in [6.45, 7) is 14.9. The maximum atomic E-state index is 5.87. The first-order chi connectivity index (χ1) is 13.4. The van der Waals surface area contributed by atoms with Crippen molar-refractivity contribution in [2.24, 2.45) is 34.4 Å². The third-order valence-corrected chi connectivity index (χ3v) is 5.38. The summed E-state index contributed by atoms with van der Waals surface area (Å²) in [7, 11) is 0. The maximum absolute atomic E-state index is 5.87. The second-order valence-electron chi connectivity index (χ2n) is 7.18. The first-order valence-corrected chi connectivity index (χ1v) is 10.6. The predicted molar refractivity (Wildman–Crippen MR) is 119 cm³/mol. The second kappa shape index (κ2) is 16.4. The number of nitrogens with zero attached hydrogens (tertiary/aromatic N) is 4. The van der Waals surface area contributed by atoms with Crippen molar-refractivity contribution in [2.45, 2.75) is 39.3 Å². The SMILES string of the molecule is CC(N(CCN)CCN)N(C(C)N(CCN)CCN)C(C)N(CCN)CCN. The standard InChI is InChI=1S/C18H48N10/c1-16(25(10-4-19)11-5-20)28(17(2)26(12-6-21)13-7-22)18(3)27(14-8-23)15-9-24/h16-18H,4-15,19-24H2,1-3H3. The highest BCUT2D eigenvalue weighted by atomic mass is 15.5. The van der Waals surface area contributed by atoms with Crippen molar-refractivity contribution >= 4 is 0 Å².